The number of aryl methyl sites for hydroxylation is 1. The van der Waals surface area contributed by atoms with Crippen molar-refractivity contribution in [2.45, 2.75) is 6.92 Å². The van der Waals surface area contributed by atoms with Gasteiger partial charge < -0.3 is 15.2 Å². The number of hydrogen-bond donors (Lipinski definition) is 1. The number of nitrogen functional groups attached to an aromatic ring is 1. The van der Waals surface area contributed by atoms with Crippen LogP contribution in [0.2, 0.25) is 0 Å². The van der Waals surface area contributed by atoms with Gasteiger partial charge in [0.05, 0.1) is 20.4 Å². The molecule has 1 aromatic carbocycles. The Balaban J connectivity index is 2.63. The molecule has 0 unspecified atom stereocenters. The van der Waals surface area contributed by atoms with Crippen molar-refractivity contribution < 1.29 is 9.47 Å². The first-order valence-corrected chi connectivity index (χ1v) is 5.59. The van der Waals surface area contributed by atoms with E-state index in [0.29, 0.717) is 11.6 Å². The molecule has 1 heterocycles. The molecule has 0 atom stereocenters. The highest BCUT2D eigenvalue weighted by Crippen LogP contribution is 2.38. The van der Waals surface area contributed by atoms with Crippen molar-refractivity contribution in [3.05, 3.63) is 23.9 Å². The third kappa shape index (κ3) is 1.77. The Kier molecular flexibility index (Phi) is 3.14. The van der Waals surface area contributed by atoms with Gasteiger partial charge in [0.2, 0.25) is 0 Å². The van der Waals surface area contributed by atoms with E-state index < -0.39 is 0 Å². The SMILES string of the molecule is COc1ccc(-c2cnn(C)c2N)c(C)c1OC. The van der Waals surface area contributed by atoms with Gasteiger partial charge in [0, 0.05) is 18.2 Å². The number of nitrogens with two attached hydrogens (primary N) is 1. The molecule has 0 amide bonds. The second-order valence-electron chi connectivity index (χ2n) is 4.04. The molecule has 2 rings (SSSR count). The Bertz CT molecular complexity index is 576. The van der Waals surface area contributed by atoms with E-state index in [2.05, 4.69) is 5.10 Å². The molecule has 2 aromatic rings. The molecule has 0 fully saturated rings. The molecule has 0 aliphatic carbocycles. The number of ether oxygens (including phenoxy) is 2. The average molecular weight is 247 g/mol. The quantitative estimate of drug-likeness (QED) is 0.901. The lowest BCUT2D eigenvalue weighted by Gasteiger charge is -2.13. The maximum absolute atomic E-state index is 5.99. The van der Waals surface area contributed by atoms with Crippen LogP contribution in [0.15, 0.2) is 18.3 Å². The van der Waals surface area contributed by atoms with Crippen LogP contribution in [0, 0.1) is 6.92 Å². The largest absolute Gasteiger partial charge is 0.493 e. The highest BCUT2D eigenvalue weighted by atomic mass is 16.5. The highest BCUT2D eigenvalue weighted by Gasteiger charge is 2.15. The number of methoxy groups -OCH3 is 2. The molecule has 18 heavy (non-hydrogen) atoms. The van der Waals surface area contributed by atoms with Gasteiger partial charge in [-0.3, -0.25) is 4.68 Å². The van der Waals surface area contributed by atoms with Gasteiger partial charge in [0.15, 0.2) is 11.5 Å². The van der Waals surface area contributed by atoms with Crippen molar-refractivity contribution >= 4 is 5.82 Å². The van der Waals surface area contributed by atoms with Crippen LogP contribution in [-0.4, -0.2) is 24.0 Å². The molecule has 0 aliphatic rings. The summed E-state index contributed by atoms with van der Waals surface area (Å²) in [6.45, 7) is 1.98. The van der Waals surface area contributed by atoms with Crippen molar-refractivity contribution in [1.82, 2.24) is 9.78 Å². The summed E-state index contributed by atoms with van der Waals surface area (Å²) in [6.07, 6.45) is 1.75. The zero-order chi connectivity index (χ0) is 13.3. The van der Waals surface area contributed by atoms with Crippen LogP contribution in [0.5, 0.6) is 11.5 Å². The number of rotatable bonds is 3. The fourth-order valence-electron chi connectivity index (χ4n) is 2.03. The first-order valence-electron chi connectivity index (χ1n) is 5.59. The minimum atomic E-state index is 0.630. The molecule has 0 spiro atoms. The van der Waals surface area contributed by atoms with Gasteiger partial charge in [-0.15, -0.1) is 0 Å². The summed E-state index contributed by atoms with van der Waals surface area (Å²) < 4.78 is 12.3. The lowest BCUT2D eigenvalue weighted by atomic mass is 10.0. The highest BCUT2D eigenvalue weighted by molar-refractivity contribution is 5.78. The van der Waals surface area contributed by atoms with Crippen LogP contribution in [0.3, 0.4) is 0 Å². The summed E-state index contributed by atoms with van der Waals surface area (Å²) in [7, 11) is 5.06. The van der Waals surface area contributed by atoms with Gasteiger partial charge in [-0.1, -0.05) is 0 Å². The predicted molar refractivity (Wildman–Crippen MR) is 70.9 cm³/mol. The third-order valence-electron chi connectivity index (χ3n) is 3.07. The molecule has 96 valence electrons. The average Bonchev–Trinajstić information content (AvgIpc) is 2.70. The maximum atomic E-state index is 5.99. The third-order valence-corrected chi connectivity index (χ3v) is 3.07. The summed E-state index contributed by atoms with van der Waals surface area (Å²) in [6, 6.07) is 3.83. The first-order chi connectivity index (χ1) is 8.60. The molecular weight excluding hydrogens is 230 g/mol. The Morgan fingerprint density at radius 3 is 2.39 bits per heavy atom. The fraction of sp³-hybridized carbons (Fsp3) is 0.308. The Hall–Kier alpha value is -2.17. The van der Waals surface area contributed by atoms with Crippen LogP contribution in [0.1, 0.15) is 5.56 Å². The Labute approximate surface area is 106 Å². The second-order valence-corrected chi connectivity index (χ2v) is 4.04. The van der Waals surface area contributed by atoms with Crippen LogP contribution in [0.25, 0.3) is 11.1 Å². The molecule has 2 N–H and O–H groups in total. The molecule has 5 nitrogen and oxygen atoms in total. The normalized spacial score (nSPS) is 10.4. The van der Waals surface area contributed by atoms with E-state index in [9.17, 15) is 0 Å². The van der Waals surface area contributed by atoms with Gasteiger partial charge in [-0.2, -0.15) is 5.10 Å². The monoisotopic (exact) mass is 247 g/mol. The molecule has 0 saturated heterocycles. The molecule has 0 radical (unpaired) electrons. The van der Waals surface area contributed by atoms with Gasteiger partial charge in [-0.05, 0) is 24.6 Å². The maximum Gasteiger partial charge on any atom is 0.164 e. The van der Waals surface area contributed by atoms with E-state index in [1.165, 1.54) is 0 Å². The van der Waals surface area contributed by atoms with Crippen molar-refractivity contribution in [3.8, 4) is 22.6 Å². The fourth-order valence-corrected chi connectivity index (χ4v) is 2.03. The summed E-state index contributed by atoms with van der Waals surface area (Å²) in [4.78, 5) is 0. The molecule has 5 heteroatoms. The van der Waals surface area contributed by atoms with E-state index in [0.717, 1.165) is 22.4 Å². The van der Waals surface area contributed by atoms with Crippen LogP contribution >= 0.6 is 0 Å². The minimum absolute atomic E-state index is 0.630. The van der Waals surface area contributed by atoms with E-state index in [4.69, 9.17) is 15.2 Å². The molecule has 0 saturated carbocycles. The topological polar surface area (TPSA) is 62.3 Å². The Morgan fingerprint density at radius 2 is 1.89 bits per heavy atom. The van der Waals surface area contributed by atoms with Gasteiger partial charge >= 0.3 is 0 Å². The van der Waals surface area contributed by atoms with Crippen molar-refractivity contribution in [2.24, 2.45) is 7.05 Å². The molecule has 0 bridgehead atoms. The lowest BCUT2D eigenvalue weighted by Crippen LogP contribution is -1.99. The number of nitrogens with zero attached hydrogens (tertiary/aromatic N) is 2. The zero-order valence-electron chi connectivity index (χ0n) is 11.0. The van der Waals surface area contributed by atoms with Crippen LogP contribution in [0.4, 0.5) is 5.82 Å². The molecular formula is C13H17N3O2. The number of hydrogen-bond acceptors (Lipinski definition) is 4. The summed E-state index contributed by atoms with van der Waals surface area (Å²) >= 11 is 0. The van der Waals surface area contributed by atoms with Crippen LogP contribution < -0.4 is 15.2 Å². The van der Waals surface area contributed by atoms with E-state index in [-0.39, 0.29) is 0 Å². The number of benzene rings is 1. The second kappa shape index (κ2) is 4.60. The number of aromatic nitrogens is 2. The smallest absolute Gasteiger partial charge is 0.164 e. The van der Waals surface area contributed by atoms with Gasteiger partial charge in [0.25, 0.3) is 0 Å². The van der Waals surface area contributed by atoms with Gasteiger partial charge in [0.1, 0.15) is 5.82 Å². The Morgan fingerprint density at radius 1 is 1.17 bits per heavy atom. The number of anilines is 1. The standard InChI is InChI=1S/C13H17N3O2/c1-8-9(10-7-15-16(2)13(10)14)5-6-11(17-3)12(8)18-4/h5-7H,14H2,1-4H3. The summed E-state index contributed by atoms with van der Waals surface area (Å²) in [5, 5.41) is 4.15. The predicted octanol–water partition coefficient (Wildman–Crippen LogP) is 1.99. The van der Waals surface area contributed by atoms with Crippen molar-refractivity contribution in [3.63, 3.8) is 0 Å². The molecule has 0 aliphatic heterocycles. The minimum Gasteiger partial charge on any atom is -0.493 e. The van der Waals surface area contributed by atoms with Crippen molar-refractivity contribution in [2.75, 3.05) is 20.0 Å². The summed E-state index contributed by atoms with van der Waals surface area (Å²) in [5.74, 6) is 2.06. The molecule has 1 aromatic heterocycles. The first kappa shape index (κ1) is 12.3. The van der Waals surface area contributed by atoms with E-state index in [1.54, 1.807) is 25.1 Å². The lowest BCUT2D eigenvalue weighted by molar-refractivity contribution is 0.353. The zero-order valence-corrected chi connectivity index (χ0v) is 11.0. The summed E-state index contributed by atoms with van der Waals surface area (Å²) in [5.41, 5.74) is 8.87. The van der Waals surface area contributed by atoms with Gasteiger partial charge in [-0.25, -0.2) is 0 Å². The van der Waals surface area contributed by atoms with Crippen molar-refractivity contribution in [1.29, 1.82) is 0 Å². The van der Waals surface area contributed by atoms with Crippen LogP contribution in [-0.2, 0) is 7.05 Å². The van der Waals surface area contributed by atoms with E-state index >= 15 is 0 Å². The van der Waals surface area contributed by atoms with E-state index in [1.807, 2.05) is 26.1 Å².